The van der Waals surface area contributed by atoms with Crippen LogP contribution in [-0.2, 0) is 4.79 Å². The summed E-state index contributed by atoms with van der Waals surface area (Å²) in [5, 5.41) is 0. The summed E-state index contributed by atoms with van der Waals surface area (Å²) < 4.78 is 0. The first-order chi connectivity index (χ1) is 10.5. The van der Waals surface area contributed by atoms with Crippen molar-refractivity contribution in [3.63, 3.8) is 0 Å². The first-order valence-electron chi connectivity index (χ1n) is 9.97. The molecule has 0 heterocycles. The zero-order chi connectivity index (χ0) is 15.5. The Labute approximate surface area is 148 Å². The second-order valence-electron chi connectivity index (χ2n) is 9.69. The van der Waals surface area contributed by atoms with Crippen molar-refractivity contribution in [1.29, 1.82) is 0 Å². The number of fused-ring (bicyclic) bond motifs is 5. The van der Waals surface area contributed by atoms with E-state index in [1.54, 1.807) is 0 Å². The van der Waals surface area contributed by atoms with E-state index >= 15 is 0 Å². The van der Waals surface area contributed by atoms with Gasteiger partial charge in [-0.15, -0.1) is 12.4 Å². The number of carbonyl (C=O) groups is 1. The lowest BCUT2D eigenvalue weighted by atomic mass is 9.45. The third-order valence-corrected chi connectivity index (χ3v) is 9.07. The molecule has 4 aliphatic rings. The molecule has 4 fully saturated rings. The summed E-state index contributed by atoms with van der Waals surface area (Å²) in [7, 11) is 0. The summed E-state index contributed by atoms with van der Waals surface area (Å²) in [6.45, 7) is 6.97. The average Bonchev–Trinajstić information content (AvgIpc) is 2.84. The molecule has 0 aromatic rings. The number of carbonyl (C=O) groups excluding carboxylic acids is 1. The highest BCUT2D eigenvalue weighted by atomic mass is 35.5. The van der Waals surface area contributed by atoms with E-state index in [1.165, 1.54) is 64.2 Å². The smallest absolute Gasteiger partial charge is 0.133 e. The van der Waals surface area contributed by atoms with Crippen molar-refractivity contribution in [2.24, 2.45) is 40.4 Å². The number of ketones is 1. The molecule has 0 bridgehead atoms. The van der Waals surface area contributed by atoms with E-state index in [2.05, 4.69) is 13.8 Å². The summed E-state index contributed by atoms with van der Waals surface area (Å²) in [4.78, 5) is 12.2. The third kappa shape index (κ3) is 2.43. The summed E-state index contributed by atoms with van der Waals surface area (Å²) in [5.74, 6) is 4.60. The van der Waals surface area contributed by atoms with Crippen LogP contribution in [0.2, 0.25) is 0 Å². The summed E-state index contributed by atoms with van der Waals surface area (Å²) in [5.41, 5.74) is 0.974. The second-order valence-corrected chi connectivity index (χ2v) is 9.69. The van der Waals surface area contributed by atoms with E-state index in [4.69, 9.17) is 0 Å². The highest BCUT2D eigenvalue weighted by molar-refractivity contribution is 5.85. The fourth-order valence-electron chi connectivity index (χ4n) is 7.96. The molecule has 1 nitrogen and oxygen atoms in total. The summed E-state index contributed by atoms with van der Waals surface area (Å²) in [6.07, 6.45) is 14.1. The summed E-state index contributed by atoms with van der Waals surface area (Å²) >= 11 is 0. The van der Waals surface area contributed by atoms with Gasteiger partial charge in [-0.2, -0.15) is 0 Å². The van der Waals surface area contributed by atoms with Gasteiger partial charge in [-0.05, 0) is 92.8 Å². The molecular weight excluding hydrogens is 304 g/mol. The lowest BCUT2D eigenvalue weighted by molar-refractivity contribution is -0.133. The van der Waals surface area contributed by atoms with Crippen molar-refractivity contribution in [2.45, 2.75) is 85.0 Å². The second kappa shape index (κ2) is 6.04. The van der Waals surface area contributed by atoms with Crippen LogP contribution in [0.15, 0.2) is 0 Å². The topological polar surface area (TPSA) is 17.1 Å². The molecule has 0 amide bonds. The van der Waals surface area contributed by atoms with Crippen LogP contribution < -0.4 is 0 Å². The van der Waals surface area contributed by atoms with Crippen molar-refractivity contribution in [2.75, 3.05) is 0 Å². The molecule has 23 heavy (non-hydrogen) atoms. The monoisotopic (exact) mass is 338 g/mol. The lowest BCUT2D eigenvalue weighted by Crippen LogP contribution is -2.53. The van der Waals surface area contributed by atoms with Gasteiger partial charge < -0.3 is 0 Å². The average molecular weight is 339 g/mol. The molecule has 7 atom stereocenters. The van der Waals surface area contributed by atoms with E-state index in [9.17, 15) is 4.79 Å². The number of halogens is 1. The third-order valence-electron chi connectivity index (χ3n) is 9.07. The van der Waals surface area contributed by atoms with Crippen LogP contribution >= 0.6 is 12.4 Å². The maximum absolute atomic E-state index is 12.2. The fourth-order valence-corrected chi connectivity index (χ4v) is 7.96. The van der Waals surface area contributed by atoms with Crippen molar-refractivity contribution >= 4 is 18.2 Å². The van der Waals surface area contributed by atoms with E-state index < -0.39 is 0 Å². The highest BCUT2D eigenvalue weighted by Gasteiger charge is 2.60. The number of hydrogen-bond donors (Lipinski definition) is 0. The molecule has 4 saturated carbocycles. The molecule has 2 heteroatoms. The Kier molecular flexibility index (Phi) is 4.67. The Bertz CT molecular complexity index is 474. The Balaban J connectivity index is 0.00000156. The zero-order valence-corrected chi connectivity index (χ0v) is 16.1. The largest absolute Gasteiger partial charge is 0.300 e. The lowest BCUT2D eigenvalue weighted by Gasteiger charge is -2.60. The molecular formula is C21H35ClO. The minimum atomic E-state index is 0. The predicted molar refractivity (Wildman–Crippen MR) is 97.8 cm³/mol. The minimum Gasteiger partial charge on any atom is -0.300 e. The van der Waals surface area contributed by atoms with Crippen molar-refractivity contribution < 1.29 is 4.79 Å². The van der Waals surface area contributed by atoms with Gasteiger partial charge in [-0.1, -0.05) is 26.7 Å². The molecule has 0 aromatic heterocycles. The Morgan fingerprint density at radius 3 is 2.30 bits per heavy atom. The standard InChI is InChI=1S/C21H34O.ClH/c1-14(22)17-9-10-18-16-8-7-15-6-4-5-12-20(15,2)19(16)11-13-21(17,18)3;/h15-19H,4-13H2,1-3H3;1H/t15?,16-,17+,18-,19-,20-,21+;/m0./s1. The van der Waals surface area contributed by atoms with E-state index in [0.717, 1.165) is 23.7 Å². The van der Waals surface area contributed by atoms with E-state index in [-0.39, 0.29) is 12.4 Å². The maximum Gasteiger partial charge on any atom is 0.133 e. The number of Topliss-reactive ketones (excluding diaryl/α,β-unsaturated/α-hetero) is 1. The van der Waals surface area contributed by atoms with E-state index in [0.29, 0.717) is 22.5 Å². The predicted octanol–water partition coefficient (Wildman–Crippen LogP) is 6.05. The fraction of sp³-hybridized carbons (Fsp3) is 0.952. The minimum absolute atomic E-state index is 0. The van der Waals surface area contributed by atoms with Gasteiger partial charge in [0.1, 0.15) is 5.78 Å². The van der Waals surface area contributed by atoms with Crippen LogP contribution in [0.4, 0.5) is 0 Å². The molecule has 0 N–H and O–H groups in total. The number of hydrogen-bond acceptors (Lipinski definition) is 1. The zero-order valence-electron chi connectivity index (χ0n) is 15.3. The van der Waals surface area contributed by atoms with Crippen LogP contribution in [0.25, 0.3) is 0 Å². The van der Waals surface area contributed by atoms with Crippen molar-refractivity contribution in [3.05, 3.63) is 0 Å². The van der Waals surface area contributed by atoms with Crippen molar-refractivity contribution in [3.8, 4) is 0 Å². The molecule has 0 saturated heterocycles. The van der Waals surface area contributed by atoms with Crippen LogP contribution in [0, 0.1) is 40.4 Å². The van der Waals surface area contributed by atoms with Gasteiger partial charge in [0, 0.05) is 5.92 Å². The summed E-state index contributed by atoms with van der Waals surface area (Å²) in [6, 6.07) is 0. The molecule has 4 aliphatic carbocycles. The normalized spacial score (nSPS) is 51.9. The van der Waals surface area contributed by atoms with Gasteiger partial charge in [0.05, 0.1) is 0 Å². The first kappa shape index (κ1) is 17.8. The van der Waals surface area contributed by atoms with Gasteiger partial charge in [0.2, 0.25) is 0 Å². The van der Waals surface area contributed by atoms with Gasteiger partial charge in [-0.3, -0.25) is 4.79 Å². The Morgan fingerprint density at radius 2 is 1.57 bits per heavy atom. The Hall–Kier alpha value is -0.0400. The van der Waals surface area contributed by atoms with Crippen LogP contribution in [-0.4, -0.2) is 5.78 Å². The first-order valence-corrected chi connectivity index (χ1v) is 9.97. The van der Waals surface area contributed by atoms with Gasteiger partial charge >= 0.3 is 0 Å². The quantitative estimate of drug-likeness (QED) is 0.569. The molecule has 132 valence electrons. The molecule has 0 aromatic carbocycles. The molecule has 0 spiro atoms. The molecule has 0 aliphatic heterocycles. The van der Waals surface area contributed by atoms with Gasteiger partial charge in [0.15, 0.2) is 0 Å². The molecule has 0 radical (unpaired) electrons. The highest BCUT2D eigenvalue weighted by Crippen LogP contribution is 2.67. The SMILES string of the molecule is CC(=O)[C@H]1CC[C@H]2[C@@H]3CCC4CCCC[C@]4(C)[C@H]3CC[C@]12C.Cl. The number of rotatable bonds is 1. The Morgan fingerprint density at radius 1 is 0.826 bits per heavy atom. The van der Waals surface area contributed by atoms with Gasteiger partial charge in [-0.25, -0.2) is 0 Å². The maximum atomic E-state index is 12.2. The van der Waals surface area contributed by atoms with Crippen LogP contribution in [0.3, 0.4) is 0 Å². The van der Waals surface area contributed by atoms with Gasteiger partial charge in [0.25, 0.3) is 0 Å². The molecule has 4 rings (SSSR count). The van der Waals surface area contributed by atoms with E-state index in [1.807, 2.05) is 6.92 Å². The van der Waals surface area contributed by atoms with Crippen molar-refractivity contribution in [1.82, 2.24) is 0 Å². The van der Waals surface area contributed by atoms with Crippen LogP contribution in [0.1, 0.15) is 85.0 Å². The molecule has 1 unspecified atom stereocenters. The van der Waals surface area contributed by atoms with Crippen LogP contribution in [0.5, 0.6) is 0 Å².